The van der Waals surface area contributed by atoms with E-state index in [1.165, 1.54) is 69.7 Å². The van der Waals surface area contributed by atoms with Crippen molar-refractivity contribution in [2.45, 2.75) is 83.5 Å². The topological polar surface area (TPSA) is 79.8 Å². The Kier molecular flexibility index (Phi) is 6.59. The summed E-state index contributed by atoms with van der Waals surface area (Å²) < 4.78 is 0. The molecule has 4 heterocycles. The Bertz CT molecular complexity index is 2130. The number of hydrogen-bond acceptors (Lipinski definition) is 4. The van der Waals surface area contributed by atoms with Gasteiger partial charge in [0.05, 0.1) is 11.4 Å². The molecule has 4 bridgehead atoms. The molecule has 7 heteroatoms. The van der Waals surface area contributed by atoms with Crippen LogP contribution < -0.4 is 10.2 Å². The third-order valence-corrected chi connectivity index (χ3v) is 12.7. The van der Waals surface area contributed by atoms with Crippen LogP contribution >= 0.6 is 0 Å². The van der Waals surface area contributed by atoms with E-state index >= 15 is 0 Å². The van der Waals surface area contributed by atoms with Gasteiger partial charge in [0.25, 0.3) is 0 Å². The summed E-state index contributed by atoms with van der Waals surface area (Å²) in [5.41, 5.74) is 9.96. The molecule has 0 saturated heterocycles. The van der Waals surface area contributed by atoms with Crippen LogP contribution in [0.2, 0.25) is 0 Å². The maximum absolute atomic E-state index is 4.68. The van der Waals surface area contributed by atoms with E-state index in [-0.39, 0.29) is 31.9 Å². The van der Waals surface area contributed by atoms with Crippen molar-refractivity contribution in [2.75, 3.05) is 0 Å². The summed E-state index contributed by atoms with van der Waals surface area (Å²) >= 11 is 0. The van der Waals surface area contributed by atoms with Crippen molar-refractivity contribution < 1.29 is 21.1 Å². The van der Waals surface area contributed by atoms with Crippen molar-refractivity contribution in [3.8, 4) is 22.8 Å². The minimum Gasteiger partial charge on any atom is -0.573 e. The molecule has 6 nitrogen and oxygen atoms in total. The van der Waals surface area contributed by atoms with Crippen LogP contribution in [0.1, 0.15) is 101 Å². The second-order valence-corrected chi connectivity index (χ2v) is 15.1. The van der Waals surface area contributed by atoms with Gasteiger partial charge in [-0.05, 0) is 82.4 Å². The molecular weight excluding hydrogens is 748 g/mol. The van der Waals surface area contributed by atoms with Gasteiger partial charge in [-0.1, -0.05) is 94.5 Å². The van der Waals surface area contributed by atoms with Gasteiger partial charge in [0.1, 0.15) is 0 Å². The van der Waals surface area contributed by atoms with Gasteiger partial charge in [-0.2, -0.15) is 0 Å². The molecule has 4 aliphatic carbocycles. The summed E-state index contributed by atoms with van der Waals surface area (Å²) in [6, 6.07) is 20.9. The van der Waals surface area contributed by atoms with Crippen LogP contribution in [0, 0.1) is 10.8 Å². The molecule has 0 radical (unpaired) electrons. The number of aromatic nitrogens is 6. The van der Waals surface area contributed by atoms with Crippen molar-refractivity contribution in [1.82, 2.24) is 30.4 Å². The summed E-state index contributed by atoms with van der Waals surface area (Å²) in [6.07, 6.45) is 8.75. The van der Waals surface area contributed by atoms with E-state index in [0.29, 0.717) is 23.2 Å². The van der Waals surface area contributed by atoms with Gasteiger partial charge in [-0.25, -0.2) is 0 Å². The molecular formula is C39H38N6Pt. The summed E-state index contributed by atoms with van der Waals surface area (Å²) in [5.74, 6) is 1.70. The molecule has 0 aliphatic heterocycles. The van der Waals surface area contributed by atoms with Crippen LogP contribution in [-0.4, -0.2) is 20.2 Å². The molecule has 4 unspecified atom stereocenters. The fraction of sp³-hybridized carbons (Fsp3) is 0.385. The summed E-state index contributed by atoms with van der Waals surface area (Å²) in [4.78, 5) is 9.33. The Balaban J connectivity index is 0.000000133. The summed E-state index contributed by atoms with van der Waals surface area (Å²) in [6.45, 7) is 11.9. The molecule has 0 spiro atoms. The first-order valence-electron chi connectivity index (χ1n) is 16.5. The van der Waals surface area contributed by atoms with Gasteiger partial charge < -0.3 is 20.4 Å². The quantitative estimate of drug-likeness (QED) is 0.175. The molecule has 2 aromatic carbocycles. The average Bonchev–Trinajstić information content (AvgIpc) is 3.86. The number of hydrogen-bond donors (Lipinski definition) is 0. The molecule has 234 valence electrons. The largest absolute Gasteiger partial charge is 2.00 e. The summed E-state index contributed by atoms with van der Waals surface area (Å²) in [5, 5.41) is 23.1. The molecule has 4 aromatic heterocycles. The van der Waals surface area contributed by atoms with E-state index in [9.17, 15) is 0 Å². The second kappa shape index (κ2) is 10.2. The first kappa shape index (κ1) is 29.7. The Morgan fingerprint density at radius 2 is 1.20 bits per heavy atom. The average molecular weight is 786 g/mol. The van der Waals surface area contributed by atoms with E-state index in [1.807, 2.05) is 12.4 Å². The Morgan fingerprint density at radius 3 is 1.85 bits per heavy atom. The van der Waals surface area contributed by atoms with Crippen molar-refractivity contribution in [3.05, 3.63) is 95.6 Å². The Morgan fingerprint density at radius 1 is 0.630 bits per heavy atom. The van der Waals surface area contributed by atoms with Gasteiger partial charge in [-0.15, -0.1) is 0 Å². The van der Waals surface area contributed by atoms with Crippen molar-refractivity contribution >= 4 is 21.5 Å². The standard InChI is InChI=1S/C20H20N3.C19H18N3.Pt/c1-19(2)14-8-10-20(19,3)18-15(14)17(22-23-18)16-13-7-5-4-6-12(13)9-11-21-16;1-19(2)13-7-8-14(19)17-15(13)18(22-21-17)16-12-6-4-3-5-11(12)9-10-20-16;/h4-7,9,11,14H,8,10H2,1-3H3;3-6,9-10,13-14H,7-8H2,1-2H3;/q2*-1;+2. The Labute approximate surface area is 284 Å². The monoisotopic (exact) mass is 785 g/mol. The zero-order valence-corrected chi connectivity index (χ0v) is 29.3. The van der Waals surface area contributed by atoms with Crippen LogP contribution in [0.3, 0.4) is 0 Å². The molecule has 46 heavy (non-hydrogen) atoms. The summed E-state index contributed by atoms with van der Waals surface area (Å²) in [7, 11) is 0. The minimum atomic E-state index is 0. The molecule has 2 saturated carbocycles. The van der Waals surface area contributed by atoms with Crippen molar-refractivity contribution in [3.63, 3.8) is 0 Å². The van der Waals surface area contributed by atoms with E-state index in [1.54, 1.807) is 0 Å². The first-order chi connectivity index (χ1) is 21.7. The molecule has 0 N–H and O–H groups in total. The van der Waals surface area contributed by atoms with Crippen LogP contribution in [0.5, 0.6) is 0 Å². The molecule has 6 aromatic rings. The molecule has 4 atom stereocenters. The zero-order chi connectivity index (χ0) is 30.7. The van der Waals surface area contributed by atoms with Crippen molar-refractivity contribution in [2.24, 2.45) is 10.8 Å². The molecule has 4 aliphatic rings. The molecule has 0 amide bonds. The smallest absolute Gasteiger partial charge is 0.573 e. The van der Waals surface area contributed by atoms with E-state index in [0.717, 1.165) is 22.8 Å². The van der Waals surface area contributed by atoms with E-state index < -0.39 is 0 Å². The number of rotatable bonds is 2. The predicted octanol–water partition coefficient (Wildman–Crippen LogP) is 8.68. The van der Waals surface area contributed by atoms with E-state index in [4.69, 9.17) is 0 Å². The number of benzene rings is 2. The third-order valence-electron chi connectivity index (χ3n) is 12.7. The van der Waals surface area contributed by atoms with Gasteiger partial charge in [0.2, 0.25) is 0 Å². The maximum atomic E-state index is 4.68. The zero-order valence-electron chi connectivity index (χ0n) is 27.0. The van der Waals surface area contributed by atoms with Gasteiger partial charge in [0.15, 0.2) is 0 Å². The van der Waals surface area contributed by atoms with Crippen LogP contribution in [0.15, 0.2) is 73.1 Å². The number of nitrogens with zero attached hydrogens (tertiary/aromatic N) is 6. The first-order valence-corrected chi connectivity index (χ1v) is 16.5. The third kappa shape index (κ3) is 3.80. The van der Waals surface area contributed by atoms with Crippen LogP contribution in [0.25, 0.3) is 44.3 Å². The maximum Gasteiger partial charge on any atom is 2.00 e. The fourth-order valence-corrected chi connectivity index (χ4v) is 9.71. The van der Waals surface area contributed by atoms with E-state index in [2.05, 4.69) is 126 Å². The Hall–Kier alpha value is -3.63. The predicted molar refractivity (Wildman–Crippen MR) is 178 cm³/mol. The number of pyridine rings is 2. The molecule has 2 fully saturated rings. The van der Waals surface area contributed by atoms with Crippen LogP contribution in [-0.2, 0) is 26.5 Å². The molecule has 10 rings (SSSR count). The normalized spacial score (nSPS) is 25.6. The van der Waals surface area contributed by atoms with Crippen molar-refractivity contribution in [1.29, 1.82) is 0 Å². The van der Waals surface area contributed by atoms with Gasteiger partial charge in [0, 0.05) is 45.9 Å². The van der Waals surface area contributed by atoms with Gasteiger partial charge in [-0.3, -0.25) is 9.97 Å². The minimum absolute atomic E-state index is 0. The van der Waals surface area contributed by atoms with Crippen LogP contribution in [0.4, 0.5) is 0 Å². The van der Waals surface area contributed by atoms with Gasteiger partial charge >= 0.3 is 21.1 Å². The number of fused-ring (bicyclic) bond motifs is 12. The fourth-order valence-electron chi connectivity index (χ4n) is 9.71. The SMILES string of the molecule is CC1(C)C2CCC1c1c2n[n-]c1-c1nccc2ccccc12.CC12CCC(c3c1n[n-]c3-c1nccc3ccccc13)C2(C)C.[Pt+2]. The second-order valence-electron chi connectivity index (χ2n) is 15.1.